The number of alkyl carbamates (subject to hydrolysis) is 1. The van der Waals surface area contributed by atoms with Crippen LogP contribution in [-0.2, 0) is 14.3 Å². The largest absolute Gasteiger partial charge is 0.480 e. The smallest absolute Gasteiger partial charge is 0.407 e. The molecule has 0 saturated heterocycles. The van der Waals surface area contributed by atoms with Gasteiger partial charge in [0.15, 0.2) is 0 Å². The number of amides is 2. The van der Waals surface area contributed by atoms with Crippen LogP contribution in [0.15, 0.2) is 61.2 Å². The van der Waals surface area contributed by atoms with Crippen molar-refractivity contribution in [3.8, 4) is 11.1 Å². The Hall–Kier alpha value is -3.61. The molecular weight excluding hydrogens is 444 g/mol. The number of carboxylic acids is 1. The van der Waals surface area contributed by atoms with Gasteiger partial charge in [0.25, 0.3) is 0 Å². The Labute approximate surface area is 205 Å². The third-order valence-corrected chi connectivity index (χ3v) is 6.95. The third kappa shape index (κ3) is 5.56. The average Bonchev–Trinajstić information content (AvgIpc) is 3.50. The summed E-state index contributed by atoms with van der Waals surface area (Å²) < 4.78 is 5.62. The first-order valence-corrected chi connectivity index (χ1v) is 12.2. The summed E-state index contributed by atoms with van der Waals surface area (Å²) >= 11 is 0. The zero-order valence-corrected chi connectivity index (χ0v) is 19.8. The van der Waals surface area contributed by atoms with Gasteiger partial charge in [0.2, 0.25) is 5.91 Å². The second-order valence-electron chi connectivity index (χ2n) is 9.19. The van der Waals surface area contributed by atoms with E-state index in [1.807, 2.05) is 36.4 Å². The summed E-state index contributed by atoms with van der Waals surface area (Å²) in [6, 6.07) is 15.2. The van der Waals surface area contributed by atoms with Crippen LogP contribution in [0.25, 0.3) is 11.1 Å². The Morgan fingerprint density at radius 2 is 1.66 bits per heavy atom. The van der Waals surface area contributed by atoms with Crippen LogP contribution in [0.3, 0.4) is 0 Å². The number of rotatable bonds is 10. The lowest BCUT2D eigenvalue weighted by Gasteiger charge is -2.31. The zero-order valence-electron chi connectivity index (χ0n) is 19.8. The van der Waals surface area contributed by atoms with E-state index in [4.69, 9.17) is 4.74 Å². The van der Waals surface area contributed by atoms with Crippen LogP contribution in [0.2, 0.25) is 0 Å². The lowest BCUT2D eigenvalue weighted by Crippen LogP contribution is -2.53. The highest BCUT2D eigenvalue weighted by Gasteiger charge is 2.34. The van der Waals surface area contributed by atoms with Gasteiger partial charge in [-0.25, -0.2) is 4.79 Å². The van der Waals surface area contributed by atoms with Crippen molar-refractivity contribution >= 4 is 18.0 Å². The number of carbonyl (C=O) groups is 3. The molecule has 2 aliphatic carbocycles. The molecule has 2 amide bonds. The summed E-state index contributed by atoms with van der Waals surface area (Å²) in [5.74, 6) is -1.53. The van der Waals surface area contributed by atoms with E-state index in [-0.39, 0.29) is 31.0 Å². The van der Waals surface area contributed by atoms with Gasteiger partial charge in [-0.2, -0.15) is 0 Å². The van der Waals surface area contributed by atoms with Crippen molar-refractivity contribution in [3.63, 3.8) is 0 Å². The quantitative estimate of drug-likeness (QED) is 0.484. The Morgan fingerprint density at radius 3 is 2.23 bits per heavy atom. The number of benzene rings is 2. The van der Waals surface area contributed by atoms with Gasteiger partial charge < -0.3 is 20.1 Å². The predicted octanol–water partition coefficient (Wildman–Crippen LogP) is 4.72. The van der Waals surface area contributed by atoms with Gasteiger partial charge in [-0.05, 0) is 47.9 Å². The molecule has 0 radical (unpaired) electrons. The lowest BCUT2D eigenvalue weighted by atomic mass is 9.98. The van der Waals surface area contributed by atoms with E-state index >= 15 is 0 Å². The van der Waals surface area contributed by atoms with Crippen LogP contribution in [0.4, 0.5) is 4.79 Å². The molecule has 0 aromatic heterocycles. The molecule has 0 heterocycles. The number of nitrogens with one attached hydrogen (secondary N) is 1. The van der Waals surface area contributed by atoms with Crippen LogP contribution in [0, 0.1) is 0 Å². The molecule has 184 valence electrons. The van der Waals surface area contributed by atoms with Crippen LogP contribution in [0.1, 0.15) is 55.6 Å². The molecule has 1 unspecified atom stereocenters. The van der Waals surface area contributed by atoms with E-state index in [9.17, 15) is 19.5 Å². The molecule has 1 saturated carbocycles. The van der Waals surface area contributed by atoms with Crippen molar-refractivity contribution in [1.29, 1.82) is 0 Å². The van der Waals surface area contributed by atoms with Crippen molar-refractivity contribution in [2.24, 2.45) is 0 Å². The Balaban J connectivity index is 1.45. The van der Waals surface area contributed by atoms with E-state index in [1.54, 1.807) is 6.08 Å². The monoisotopic (exact) mass is 476 g/mol. The van der Waals surface area contributed by atoms with Crippen LogP contribution < -0.4 is 5.32 Å². The first-order valence-electron chi connectivity index (χ1n) is 12.2. The molecule has 0 aliphatic heterocycles. The molecular formula is C28H32N2O5. The number of nitrogens with zero attached hydrogens (tertiary/aromatic N) is 1. The van der Waals surface area contributed by atoms with Crippen molar-refractivity contribution in [3.05, 3.63) is 72.3 Å². The summed E-state index contributed by atoms with van der Waals surface area (Å²) in [6.07, 6.45) is 5.31. The SMILES string of the molecule is C=CCCC(NC(=O)OCC1c2ccccc2-c2ccccc21)C(=O)N(CC(=O)O)C1CCCC1. The molecule has 2 aromatic carbocycles. The molecule has 7 heteroatoms. The third-order valence-electron chi connectivity index (χ3n) is 6.95. The molecule has 0 bridgehead atoms. The van der Waals surface area contributed by atoms with Gasteiger partial charge >= 0.3 is 12.1 Å². The van der Waals surface area contributed by atoms with Gasteiger partial charge in [-0.3, -0.25) is 9.59 Å². The lowest BCUT2D eigenvalue weighted by molar-refractivity contribution is -0.147. The topological polar surface area (TPSA) is 95.9 Å². The van der Waals surface area contributed by atoms with Gasteiger partial charge in [0.05, 0.1) is 0 Å². The number of fused-ring (bicyclic) bond motifs is 3. The molecule has 35 heavy (non-hydrogen) atoms. The molecule has 7 nitrogen and oxygen atoms in total. The highest BCUT2D eigenvalue weighted by atomic mass is 16.5. The fourth-order valence-electron chi connectivity index (χ4n) is 5.27. The number of ether oxygens (including phenoxy) is 1. The van der Waals surface area contributed by atoms with Gasteiger partial charge in [-0.1, -0.05) is 67.4 Å². The standard InChI is InChI=1S/C28H32N2O5/c1-2-3-16-25(27(33)30(17-26(31)32)19-10-4-5-11-19)29-28(34)35-18-24-22-14-8-6-12-20(22)21-13-7-9-15-23(21)24/h2,6-9,12-15,19,24-25H,1,3-5,10-11,16-18H2,(H,29,34)(H,31,32). The van der Waals surface area contributed by atoms with Crippen molar-refractivity contribution in [2.45, 2.75) is 56.5 Å². The molecule has 2 aromatic rings. The van der Waals surface area contributed by atoms with Crippen LogP contribution in [0.5, 0.6) is 0 Å². The first kappa shape index (κ1) is 24.5. The van der Waals surface area contributed by atoms with E-state index in [0.29, 0.717) is 12.8 Å². The molecule has 2 N–H and O–H groups in total. The Kier molecular flexibility index (Phi) is 7.85. The fraction of sp³-hybridized carbons (Fsp3) is 0.393. The Morgan fingerprint density at radius 1 is 1.06 bits per heavy atom. The Bertz CT molecular complexity index is 1050. The fourth-order valence-corrected chi connectivity index (χ4v) is 5.27. The van der Waals surface area contributed by atoms with Gasteiger partial charge in [0.1, 0.15) is 19.2 Å². The number of allylic oxidation sites excluding steroid dienone is 1. The zero-order chi connectivity index (χ0) is 24.8. The summed E-state index contributed by atoms with van der Waals surface area (Å²) in [6.45, 7) is 3.48. The second kappa shape index (κ2) is 11.2. The normalized spacial score (nSPS) is 15.7. The number of carbonyl (C=O) groups excluding carboxylic acids is 2. The van der Waals surface area contributed by atoms with E-state index in [1.165, 1.54) is 4.90 Å². The predicted molar refractivity (Wildman–Crippen MR) is 133 cm³/mol. The number of carboxylic acid groups (broad SMARTS) is 1. The summed E-state index contributed by atoms with van der Waals surface area (Å²) in [7, 11) is 0. The summed E-state index contributed by atoms with van der Waals surface area (Å²) in [5.41, 5.74) is 4.48. The van der Waals surface area contributed by atoms with Gasteiger partial charge in [-0.15, -0.1) is 6.58 Å². The maximum atomic E-state index is 13.4. The maximum Gasteiger partial charge on any atom is 0.407 e. The first-order chi connectivity index (χ1) is 17.0. The number of hydrogen-bond donors (Lipinski definition) is 2. The van der Waals surface area contributed by atoms with Gasteiger partial charge in [0, 0.05) is 12.0 Å². The number of aliphatic carboxylic acids is 1. The van der Waals surface area contributed by atoms with E-state index in [2.05, 4.69) is 24.0 Å². The second-order valence-corrected chi connectivity index (χ2v) is 9.19. The maximum absolute atomic E-state index is 13.4. The molecule has 1 fully saturated rings. The van der Waals surface area contributed by atoms with Crippen LogP contribution >= 0.6 is 0 Å². The summed E-state index contributed by atoms with van der Waals surface area (Å²) in [5, 5.41) is 12.1. The minimum Gasteiger partial charge on any atom is -0.480 e. The summed E-state index contributed by atoms with van der Waals surface area (Å²) in [4.78, 5) is 39.0. The highest BCUT2D eigenvalue weighted by molar-refractivity contribution is 5.88. The highest BCUT2D eigenvalue weighted by Crippen LogP contribution is 2.44. The van der Waals surface area contributed by atoms with Crippen molar-refractivity contribution in [2.75, 3.05) is 13.2 Å². The minimum atomic E-state index is -1.06. The van der Waals surface area contributed by atoms with E-state index < -0.39 is 18.1 Å². The molecule has 2 aliphatic rings. The minimum absolute atomic E-state index is 0.0857. The number of hydrogen-bond acceptors (Lipinski definition) is 4. The molecule has 0 spiro atoms. The van der Waals surface area contributed by atoms with Crippen molar-refractivity contribution < 1.29 is 24.2 Å². The molecule has 1 atom stereocenters. The average molecular weight is 477 g/mol. The van der Waals surface area contributed by atoms with Crippen LogP contribution in [-0.4, -0.2) is 53.2 Å². The van der Waals surface area contributed by atoms with E-state index in [0.717, 1.165) is 47.9 Å². The molecule has 4 rings (SSSR count). The van der Waals surface area contributed by atoms with Crippen molar-refractivity contribution in [1.82, 2.24) is 10.2 Å².